The standard InChI is InChI=1S/C25H23FN6O2/c26-18-8-6-17(7-9-18)20-10-11-21-23(28-20)24(30-25(27)29-21)32-14-12-31(13-15-32)22(33)16-34-19-4-2-1-3-5-19/h1-11H,12-16H2,(H2,27,29,30). The highest BCUT2D eigenvalue weighted by molar-refractivity contribution is 5.89. The van der Waals surface area contributed by atoms with Crippen molar-refractivity contribution in [1.29, 1.82) is 0 Å². The molecule has 0 unspecified atom stereocenters. The number of halogens is 1. The van der Waals surface area contributed by atoms with Crippen molar-refractivity contribution in [2.24, 2.45) is 0 Å². The van der Waals surface area contributed by atoms with E-state index in [9.17, 15) is 9.18 Å². The summed E-state index contributed by atoms with van der Waals surface area (Å²) in [7, 11) is 0. The van der Waals surface area contributed by atoms with Crippen LogP contribution in [0.4, 0.5) is 16.2 Å². The van der Waals surface area contributed by atoms with Crippen LogP contribution in [0.1, 0.15) is 0 Å². The third-order valence-electron chi connectivity index (χ3n) is 5.72. The molecule has 0 aliphatic carbocycles. The molecule has 3 heterocycles. The van der Waals surface area contributed by atoms with Crippen molar-refractivity contribution in [2.45, 2.75) is 0 Å². The van der Waals surface area contributed by atoms with Crippen molar-refractivity contribution in [1.82, 2.24) is 19.9 Å². The van der Waals surface area contributed by atoms with Gasteiger partial charge in [0, 0.05) is 31.7 Å². The number of carbonyl (C=O) groups is 1. The molecule has 172 valence electrons. The summed E-state index contributed by atoms with van der Waals surface area (Å²) in [5.41, 5.74) is 8.69. The number of benzene rings is 2. The van der Waals surface area contributed by atoms with Crippen LogP contribution in [0.3, 0.4) is 0 Å². The lowest BCUT2D eigenvalue weighted by Gasteiger charge is -2.35. The molecule has 2 N–H and O–H groups in total. The fraction of sp³-hybridized carbons (Fsp3) is 0.200. The van der Waals surface area contributed by atoms with Crippen LogP contribution in [0, 0.1) is 5.82 Å². The summed E-state index contributed by atoms with van der Waals surface area (Å²) >= 11 is 0. The molecule has 0 spiro atoms. The zero-order valence-electron chi connectivity index (χ0n) is 18.4. The number of rotatable bonds is 5. The summed E-state index contributed by atoms with van der Waals surface area (Å²) in [5.74, 6) is 1.09. The van der Waals surface area contributed by atoms with Crippen molar-refractivity contribution in [3.05, 3.63) is 72.5 Å². The quantitative estimate of drug-likeness (QED) is 0.491. The van der Waals surface area contributed by atoms with E-state index in [4.69, 9.17) is 15.5 Å². The van der Waals surface area contributed by atoms with E-state index < -0.39 is 0 Å². The first-order valence-corrected chi connectivity index (χ1v) is 11.0. The van der Waals surface area contributed by atoms with Crippen molar-refractivity contribution >= 4 is 28.7 Å². The van der Waals surface area contributed by atoms with Gasteiger partial charge in [0.1, 0.15) is 17.1 Å². The average molecular weight is 458 g/mol. The Bertz CT molecular complexity index is 1310. The van der Waals surface area contributed by atoms with Crippen LogP contribution in [0.2, 0.25) is 0 Å². The van der Waals surface area contributed by atoms with Crippen molar-refractivity contribution in [3.8, 4) is 17.0 Å². The SMILES string of the molecule is Nc1nc(N2CCN(C(=O)COc3ccccc3)CC2)c2nc(-c3ccc(F)cc3)ccc2n1. The molecule has 1 saturated heterocycles. The zero-order valence-corrected chi connectivity index (χ0v) is 18.4. The number of carbonyl (C=O) groups excluding carboxylic acids is 1. The number of nitrogens with two attached hydrogens (primary N) is 1. The molecule has 1 aliphatic rings. The molecule has 34 heavy (non-hydrogen) atoms. The lowest BCUT2D eigenvalue weighted by Crippen LogP contribution is -2.50. The van der Waals surface area contributed by atoms with Gasteiger partial charge in [0.2, 0.25) is 5.95 Å². The molecule has 9 heteroatoms. The third kappa shape index (κ3) is 4.59. The Labute approximate surface area is 195 Å². The third-order valence-corrected chi connectivity index (χ3v) is 5.72. The Morgan fingerprint density at radius 3 is 2.38 bits per heavy atom. The van der Waals surface area contributed by atoms with Crippen LogP contribution in [-0.4, -0.2) is 58.5 Å². The van der Waals surface area contributed by atoms with Gasteiger partial charge >= 0.3 is 0 Å². The number of ether oxygens (including phenoxy) is 1. The maximum absolute atomic E-state index is 13.3. The molecule has 1 amide bonds. The monoisotopic (exact) mass is 458 g/mol. The Balaban J connectivity index is 1.32. The highest BCUT2D eigenvalue weighted by Crippen LogP contribution is 2.27. The number of nitrogens with zero attached hydrogens (tertiary/aromatic N) is 5. The Morgan fingerprint density at radius 1 is 0.912 bits per heavy atom. The minimum Gasteiger partial charge on any atom is -0.484 e. The molecule has 0 bridgehead atoms. The first-order chi connectivity index (χ1) is 16.6. The summed E-state index contributed by atoms with van der Waals surface area (Å²) in [6.07, 6.45) is 0. The molecular weight excluding hydrogens is 435 g/mol. The number of pyridine rings is 1. The van der Waals surface area contributed by atoms with Crippen LogP contribution < -0.4 is 15.4 Å². The van der Waals surface area contributed by atoms with Gasteiger partial charge in [-0.15, -0.1) is 0 Å². The first kappa shape index (κ1) is 21.6. The van der Waals surface area contributed by atoms with E-state index in [-0.39, 0.29) is 24.3 Å². The van der Waals surface area contributed by atoms with Crippen molar-refractivity contribution in [3.63, 3.8) is 0 Å². The maximum Gasteiger partial charge on any atom is 0.260 e. The maximum atomic E-state index is 13.3. The Kier molecular flexibility index (Phi) is 5.90. The molecule has 2 aromatic carbocycles. The molecule has 4 aromatic rings. The first-order valence-electron chi connectivity index (χ1n) is 11.0. The van der Waals surface area contributed by atoms with Crippen molar-refractivity contribution < 1.29 is 13.9 Å². The normalized spacial score (nSPS) is 13.8. The number of piperazine rings is 1. The second-order valence-corrected chi connectivity index (χ2v) is 7.95. The van der Waals surface area contributed by atoms with Gasteiger partial charge in [-0.2, -0.15) is 4.98 Å². The number of fused-ring (bicyclic) bond motifs is 1. The van der Waals surface area contributed by atoms with Crippen LogP contribution in [0.5, 0.6) is 5.75 Å². The van der Waals surface area contributed by atoms with Gasteiger partial charge in [-0.25, -0.2) is 14.4 Å². The van der Waals surface area contributed by atoms with E-state index >= 15 is 0 Å². The number of hydrogen-bond acceptors (Lipinski definition) is 7. The minimum absolute atomic E-state index is 0.00398. The lowest BCUT2D eigenvalue weighted by molar-refractivity contribution is -0.133. The molecule has 2 aromatic heterocycles. The molecule has 1 fully saturated rings. The van der Waals surface area contributed by atoms with Gasteiger partial charge in [0.05, 0.1) is 11.2 Å². The topological polar surface area (TPSA) is 97.5 Å². The average Bonchev–Trinajstić information content (AvgIpc) is 2.88. The smallest absolute Gasteiger partial charge is 0.260 e. The number of aromatic nitrogens is 3. The molecule has 8 nitrogen and oxygen atoms in total. The molecule has 0 saturated carbocycles. The van der Waals surface area contributed by atoms with E-state index in [0.717, 1.165) is 5.56 Å². The lowest BCUT2D eigenvalue weighted by atomic mass is 10.1. The van der Waals surface area contributed by atoms with Gasteiger partial charge in [0.15, 0.2) is 12.4 Å². The number of nitrogen functional groups attached to an aromatic ring is 1. The van der Waals surface area contributed by atoms with E-state index in [2.05, 4.69) is 14.9 Å². The summed E-state index contributed by atoms with van der Waals surface area (Å²) in [5, 5.41) is 0. The fourth-order valence-electron chi connectivity index (χ4n) is 3.94. The molecule has 0 atom stereocenters. The molecular formula is C25H23FN6O2. The van der Waals surface area contributed by atoms with E-state index in [1.54, 1.807) is 17.0 Å². The fourth-order valence-corrected chi connectivity index (χ4v) is 3.94. The number of hydrogen-bond donors (Lipinski definition) is 1. The highest BCUT2D eigenvalue weighted by Gasteiger charge is 2.24. The van der Waals surface area contributed by atoms with Gasteiger partial charge < -0.3 is 20.3 Å². The summed E-state index contributed by atoms with van der Waals surface area (Å²) < 4.78 is 18.9. The van der Waals surface area contributed by atoms with Gasteiger partial charge in [-0.1, -0.05) is 18.2 Å². The van der Waals surface area contributed by atoms with Gasteiger partial charge in [-0.05, 0) is 48.5 Å². The summed E-state index contributed by atoms with van der Waals surface area (Å²) in [4.78, 5) is 30.0. The Morgan fingerprint density at radius 2 is 1.65 bits per heavy atom. The predicted octanol–water partition coefficient (Wildman–Crippen LogP) is 3.14. The largest absolute Gasteiger partial charge is 0.484 e. The van der Waals surface area contributed by atoms with Crippen LogP contribution in [0.25, 0.3) is 22.3 Å². The second-order valence-electron chi connectivity index (χ2n) is 7.95. The number of amides is 1. The summed E-state index contributed by atoms with van der Waals surface area (Å²) in [6.45, 7) is 2.20. The van der Waals surface area contributed by atoms with Crippen LogP contribution in [-0.2, 0) is 4.79 Å². The number of anilines is 2. The second kappa shape index (κ2) is 9.30. The van der Waals surface area contributed by atoms with Gasteiger partial charge in [0.25, 0.3) is 5.91 Å². The predicted molar refractivity (Wildman–Crippen MR) is 128 cm³/mol. The van der Waals surface area contributed by atoms with E-state index in [0.29, 0.717) is 54.5 Å². The van der Waals surface area contributed by atoms with E-state index in [1.165, 1.54) is 12.1 Å². The zero-order chi connectivity index (χ0) is 23.5. The summed E-state index contributed by atoms with van der Waals surface area (Å²) in [6, 6.07) is 19.1. The molecule has 5 rings (SSSR count). The highest BCUT2D eigenvalue weighted by atomic mass is 19.1. The van der Waals surface area contributed by atoms with Crippen LogP contribution in [0.15, 0.2) is 66.7 Å². The van der Waals surface area contributed by atoms with Gasteiger partial charge in [-0.3, -0.25) is 4.79 Å². The van der Waals surface area contributed by atoms with Crippen LogP contribution >= 0.6 is 0 Å². The number of para-hydroxylation sites is 1. The Hall–Kier alpha value is -4.27. The minimum atomic E-state index is -0.303. The molecule has 0 radical (unpaired) electrons. The van der Waals surface area contributed by atoms with E-state index in [1.807, 2.05) is 42.5 Å². The van der Waals surface area contributed by atoms with Crippen molar-refractivity contribution in [2.75, 3.05) is 43.4 Å². The molecule has 1 aliphatic heterocycles.